The van der Waals surface area contributed by atoms with Crippen LogP contribution in [0.3, 0.4) is 0 Å². The molecule has 3 rings (SSSR count). The Kier molecular flexibility index (Phi) is 4.73. The molecule has 1 heterocycles. The Balaban J connectivity index is 1.69. The maximum Gasteiger partial charge on any atom is 0.229 e. The van der Waals surface area contributed by atoms with E-state index in [0.29, 0.717) is 17.1 Å². The number of benzene rings is 1. The summed E-state index contributed by atoms with van der Waals surface area (Å²) in [7, 11) is 0. The van der Waals surface area contributed by atoms with E-state index in [1.807, 2.05) is 13.0 Å². The predicted molar refractivity (Wildman–Crippen MR) is 90.0 cm³/mol. The molecule has 0 aliphatic heterocycles. The highest BCUT2D eigenvalue weighted by Crippen LogP contribution is 2.29. The van der Waals surface area contributed by atoms with E-state index in [-0.39, 0.29) is 23.7 Å². The van der Waals surface area contributed by atoms with Gasteiger partial charge in [0.1, 0.15) is 5.82 Å². The molecule has 1 aliphatic rings. The highest BCUT2D eigenvalue weighted by Gasteiger charge is 2.28. The van der Waals surface area contributed by atoms with E-state index in [1.54, 1.807) is 12.1 Å². The summed E-state index contributed by atoms with van der Waals surface area (Å²) in [6, 6.07) is 6.85. The first kappa shape index (κ1) is 16.1. The number of carbonyl (C=O) groups excluding carboxylic acids is 1. The van der Waals surface area contributed by atoms with Gasteiger partial charge in [-0.3, -0.25) is 4.79 Å². The first-order chi connectivity index (χ1) is 11.0. The Labute approximate surface area is 138 Å². The minimum Gasteiger partial charge on any atom is -0.328 e. The van der Waals surface area contributed by atoms with Gasteiger partial charge in [0.15, 0.2) is 5.13 Å². The van der Waals surface area contributed by atoms with E-state index < -0.39 is 0 Å². The zero-order valence-corrected chi connectivity index (χ0v) is 13.8. The number of carbonyl (C=O) groups is 1. The van der Waals surface area contributed by atoms with Gasteiger partial charge in [-0.25, -0.2) is 9.37 Å². The standard InChI is InChI=1S/C17H20FN3OS/c1-10-15(9-11-4-2-3-5-14(11)18)23-17(20-10)21-16(22)12-6-7-13(19)8-12/h2-5,12-13H,6-9,19H2,1H3,(H,20,21,22). The molecule has 1 aromatic heterocycles. The van der Waals surface area contributed by atoms with Gasteiger partial charge in [-0.1, -0.05) is 18.2 Å². The van der Waals surface area contributed by atoms with Crippen molar-refractivity contribution in [3.63, 3.8) is 0 Å². The topological polar surface area (TPSA) is 68.0 Å². The van der Waals surface area contributed by atoms with Crippen LogP contribution in [0.15, 0.2) is 24.3 Å². The monoisotopic (exact) mass is 333 g/mol. The zero-order chi connectivity index (χ0) is 16.4. The van der Waals surface area contributed by atoms with Crippen LogP contribution in [0.4, 0.5) is 9.52 Å². The summed E-state index contributed by atoms with van der Waals surface area (Å²) < 4.78 is 13.8. The highest BCUT2D eigenvalue weighted by molar-refractivity contribution is 7.15. The van der Waals surface area contributed by atoms with Crippen LogP contribution in [0.25, 0.3) is 0 Å². The summed E-state index contributed by atoms with van der Waals surface area (Å²) in [6.45, 7) is 1.88. The van der Waals surface area contributed by atoms with Crippen molar-refractivity contribution >= 4 is 22.4 Å². The Bertz CT molecular complexity index is 716. The van der Waals surface area contributed by atoms with Crippen molar-refractivity contribution in [1.29, 1.82) is 0 Å². The molecule has 1 amide bonds. The number of halogens is 1. The smallest absolute Gasteiger partial charge is 0.229 e. The molecule has 0 spiro atoms. The molecule has 122 valence electrons. The Morgan fingerprint density at radius 1 is 1.43 bits per heavy atom. The first-order valence-electron chi connectivity index (χ1n) is 7.79. The number of aromatic nitrogens is 1. The molecule has 2 unspecified atom stereocenters. The minimum absolute atomic E-state index is 0.0101. The molecule has 3 N–H and O–H groups in total. The predicted octanol–water partition coefficient (Wildman–Crippen LogP) is 3.25. The van der Waals surface area contributed by atoms with Crippen molar-refractivity contribution in [1.82, 2.24) is 4.98 Å². The fourth-order valence-electron chi connectivity index (χ4n) is 2.92. The van der Waals surface area contributed by atoms with Gasteiger partial charge in [0.25, 0.3) is 0 Å². The van der Waals surface area contributed by atoms with Gasteiger partial charge in [0.2, 0.25) is 5.91 Å². The maximum atomic E-state index is 13.8. The van der Waals surface area contributed by atoms with Gasteiger partial charge in [-0.2, -0.15) is 0 Å². The lowest BCUT2D eigenvalue weighted by atomic mass is 10.1. The number of thiazole rings is 1. The van der Waals surface area contributed by atoms with E-state index in [4.69, 9.17) is 5.73 Å². The second-order valence-corrected chi connectivity index (χ2v) is 7.14. The molecule has 1 fully saturated rings. The number of nitrogens with two attached hydrogens (primary N) is 1. The maximum absolute atomic E-state index is 13.8. The normalized spacial score (nSPS) is 20.7. The summed E-state index contributed by atoms with van der Waals surface area (Å²) >= 11 is 1.41. The number of hydrogen-bond donors (Lipinski definition) is 2. The Morgan fingerprint density at radius 2 is 2.22 bits per heavy atom. The second-order valence-electron chi connectivity index (χ2n) is 6.06. The lowest BCUT2D eigenvalue weighted by molar-refractivity contribution is -0.119. The van der Waals surface area contributed by atoms with E-state index in [9.17, 15) is 9.18 Å². The van der Waals surface area contributed by atoms with Crippen molar-refractivity contribution in [2.45, 2.75) is 38.6 Å². The summed E-state index contributed by atoms with van der Waals surface area (Å²) in [5, 5.41) is 3.47. The third-order valence-corrected chi connectivity index (χ3v) is 5.35. The fourth-order valence-corrected chi connectivity index (χ4v) is 3.91. The van der Waals surface area contributed by atoms with Crippen molar-refractivity contribution < 1.29 is 9.18 Å². The molecule has 1 aromatic carbocycles. The summed E-state index contributed by atoms with van der Waals surface area (Å²) in [4.78, 5) is 17.6. The lowest BCUT2D eigenvalue weighted by Gasteiger charge is -2.08. The van der Waals surface area contributed by atoms with E-state index >= 15 is 0 Å². The molecule has 2 atom stereocenters. The Hall–Kier alpha value is -1.79. The van der Waals surface area contributed by atoms with Crippen molar-refractivity contribution in [3.8, 4) is 0 Å². The number of hydrogen-bond acceptors (Lipinski definition) is 4. The number of nitrogens with zero attached hydrogens (tertiary/aromatic N) is 1. The van der Waals surface area contributed by atoms with Crippen molar-refractivity contribution in [2.24, 2.45) is 11.7 Å². The van der Waals surface area contributed by atoms with E-state index in [2.05, 4.69) is 10.3 Å². The van der Waals surface area contributed by atoms with Gasteiger partial charge in [0, 0.05) is 23.3 Å². The van der Waals surface area contributed by atoms with E-state index in [1.165, 1.54) is 17.4 Å². The van der Waals surface area contributed by atoms with Crippen molar-refractivity contribution in [3.05, 3.63) is 46.2 Å². The molecular weight excluding hydrogens is 313 g/mol. The van der Waals surface area contributed by atoms with Crippen molar-refractivity contribution in [2.75, 3.05) is 5.32 Å². The molecule has 0 saturated heterocycles. The number of anilines is 1. The number of rotatable bonds is 4. The summed E-state index contributed by atoms with van der Waals surface area (Å²) in [5.41, 5.74) is 7.32. The largest absolute Gasteiger partial charge is 0.328 e. The molecule has 4 nitrogen and oxygen atoms in total. The molecule has 23 heavy (non-hydrogen) atoms. The van der Waals surface area contributed by atoms with Crippen LogP contribution < -0.4 is 11.1 Å². The van der Waals surface area contributed by atoms with Crippen LogP contribution in [0, 0.1) is 18.7 Å². The Morgan fingerprint density at radius 3 is 2.91 bits per heavy atom. The lowest BCUT2D eigenvalue weighted by Crippen LogP contribution is -2.23. The van der Waals surface area contributed by atoms with Crippen LogP contribution in [0.5, 0.6) is 0 Å². The molecule has 1 saturated carbocycles. The summed E-state index contributed by atoms with van der Waals surface area (Å²) in [5.74, 6) is -0.251. The summed E-state index contributed by atoms with van der Waals surface area (Å²) in [6.07, 6.45) is 2.95. The fraction of sp³-hybridized carbons (Fsp3) is 0.412. The van der Waals surface area contributed by atoms with Crippen LogP contribution in [0.2, 0.25) is 0 Å². The van der Waals surface area contributed by atoms with Gasteiger partial charge in [0.05, 0.1) is 5.69 Å². The van der Waals surface area contributed by atoms with Gasteiger partial charge < -0.3 is 11.1 Å². The van der Waals surface area contributed by atoms with Gasteiger partial charge in [-0.05, 0) is 37.8 Å². The third kappa shape index (κ3) is 3.76. The number of nitrogens with one attached hydrogen (secondary N) is 1. The average molecular weight is 333 g/mol. The van der Waals surface area contributed by atoms with Gasteiger partial charge >= 0.3 is 0 Å². The number of amides is 1. The number of aryl methyl sites for hydroxylation is 1. The first-order valence-corrected chi connectivity index (χ1v) is 8.60. The SMILES string of the molecule is Cc1nc(NC(=O)C2CCC(N)C2)sc1Cc1ccccc1F. The third-order valence-electron chi connectivity index (χ3n) is 4.28. The molecule has 0 radical (unpaired) electrons. The molecule has 1 aliphatic carbocycles. The van der Waals surface area contributed by atoms with Crippen LogP contribution in [-0.4, -0.2) is 16.9 Å². The minimum atomic E-state index is -0.217. The average Bonchev–Trinajstić information content (AvgIpc) is 3.08. The van der Waals surface area contributed by atoms with Crippen LogP contribution in [-0.2, 0) is 11.2 Å². The van der Waals surface area contributed by atoms with E-state index in [0.717, 1.165) is 29.8 Å². The second kappa shape index (κ2) is 6.76. The molecular formula is C17H20FN3OS. The van der Waals surface area contributed by atoms with Crippen LogP contribution >= 0.6 is 11.3 Å². The van der Waals surface area contributed by atoms with Gasteiger partial charge in [-0.15, -0.1) is 11.3 Å². The molecule has 2 aromatic rings. The van der Waals surface area contributed by atoms with Crippen LogP contribution in [0.1, 0.15) is 35.4 Å². The zero-order valence-electron chi connectivity index (χ0n) is 13.0. The highest BCUT2D eigenvalue weighted by atomic mass is 32.1. The molecule has 6 heteroatoms. The quantitative estimate of drug-likeness (QED) is 0.902. The molecule has 0 bridgehead atoms.